The van der Waals surface area contributed by atoms with Gasteiger partial charge in [0.2, 0.25) is 5.88 Å². The molecule has 18 heavy (non-hydrogen) atoms. The first kappa shape index (κ1) is 14.6. The van der Waals surface area contributed by atoms with Gasteiger partial charge in [0.05, 0.1) is 5.88 Å². The molecule has 0 saturated carbocycles. The third-order valence-electron chi connectivity index (χ3n) is 1.91. The molecule has 1 aromatic rings. The summed E-state index contributed by atoms with van der Waals surface area (Å²) in [6.07, 6.45) is -7.67. The fourth-order valence-corrected chi connectivity index (χ4v) is 1.46. The third kappa shape index (κ3) is 3.28. The molecule has 0 unspecified atom stereocenters. The second-order valence-electron chi connectivity index (χ2n) is 3.01. The van der Waals surface area contributed by atoms with Crippen LogP contribution in [0.15, 0.2) is 6.20 Å². The van der Waals surface area contributed by atoms with Gasteiger partial charge >= 0.3 is 6.36 Å². The minimum Gasteiger partial charge on any atom is -0.388 e. The first-order valence-electron chi connectivity index (χ1n) is 4.37. The van der Waals surface area contributed by atoms with Gasteiger partial charge in [0.1, 0.15) is 0 Å². The zero-order chi connectivity index (χ0) is 13.9. The lowest BCUT2D eigenvalue weighted by Crippen LogP contribution is -2.19. The van der Waals surface area contributed by atoms with E-state index in [0.717, 1.165) is 0 Å². The molecule has 9 heteroatoms. The predicted molar refractivity (Wildman–Crippen MR) is 50.8 cm³/mol. The van der Waals surface area contributed by atoms with Gasteiger partial charge < -0.3 is 4.74 Å². The normalized spacial score (nSPS) is 11.7. The minimum atomic E-state index is -5.06. The summed E-state index contributed by atoms with van der Waals surface area (Å²) in [4.78, 5) is 13.8. The number of carbonyl (C=O) groups excluding carboxylic acids is 1. The van der Waals surface area contributed by atoms with E-state index in [9.17, 15) is 26.7 Å². The topological polar surface area (TPSA) is 39.2 Å². The van der Waals surface area contributed by atoms with Crippen molar-refractivity contribution in [2.75, 3.05) is 0 Å². The van der Waals surface area contributed by atoms with Gasteiger partial charge in [-0.15, -0.1) is 24.8 Å². The van der Waals surface area contributed by atoms with Crippen molar-refractivity contribution in [2.24, 2.45) is 0 Å². The number of rotatable bonds is 4. The summed E-state index contributed by atoms with van der Waals surface area (Å²) in [5, 5.41) is 0. The maximum absolute atomic E-state index is 12.5. The number of hydrogen-bond donors (Lipinski definition) is 0. The SMILES string of the molecule is O=Cc1c(C(F)F)cnc(OC(F)(F)F)c1CCl. The van der Waals surface area contributed by atoms with Crippen molar-refractivity contribution in [1.82, 2.24) is 4.98 Å². The summed E-state index contributed by atoms with van der Waals surface area (Å²) in [6, 6.07) is 0. The number of aldehydes is 1. The van der Waals surface area contributed by atoms with Gasteiger partial charge in [-0.25, -0.2) is 13.8 Å². The lowest BCUT2D eigenvalue weighted by atomic mass is 10.1. The molecular formula is C9H5ClF5NO2. The number of hydrogen-bond acceptors (Lipinski definition) is 3. The summed E-state index contributed by atoms with van der Waals surface area (Å²) in [5.74, 6) is -1.63. The Morgan fingerprint density at radius 1 is 1.44 bits per heavy atom. The Bertz CT molecular complexity index is 449. The summed E-state index contributed by atoms with van der Waals surface area (Å²) in [7, 11) is 0. The number of pyridine rings is 1. The molecule has 1 rings (SSSR count). The van der Waals surface area contributed by atoms with Crippen molar-refractivity contribution < 1.29 is 31.5 Å². The average Bonchev–Trinajstić information content (AvgIpc) is 2.25. The Kier molecular flexibility index (Phi) is 4.44. The second-order valence-corrected chi connectivity index (χ2v) is 3.28. The lowest BCUT2D eigenvalue weighted by molar-refractivity contribution is -0.276. The van der Waals surface area contributed by atoms with Crippen LogP contribution in [-0.4, -0.2) is 17.6 Å². The van der Waals surface area contributed by atoms with E-state index in [0.29, 0.717) is 6.20 Å². The van der Waals surface area contributed by atoms with E-state index in [-0.39, 0.29) is 6.29 Å². The van der Waals surface area contributed by atoms with E-state index in [4.69, 9.17) is 11.6 Å². The van der Waals surface area contributed by atoms with Crippen LogP contribution in [0.5, 0.6) is 5.88 Å². The van der Waals surface area contributed by atoms with Crippen LogP contribution in [0.3, 0.4) is 0 Å². The van der Waals surface area contributed by atoms with Gasteiger partial charge in [0.15, 0.2) is 6.29 Å². The molecular weight excluding hydrogens is 285 g/mol. The van der Waals surface area contributed by atoms with Crippen LogP contribution in [0.25, 0.3) is 0 Å². The number of ether oxygens (including phenoxy) is 1. The molecule has 0 fully saturated rings. The lowest BCUT2D eigenvalue weighted by Gasteiger charge is -2.14. The highest BCUT2D eigenvalue weighted by molar-refractivity contribution is 6.17. The molecule has 1 heterocycles. The van der Waals surface area contributed by atoms with Crippen molar-refractivity contribution in [3.63, 3.8) is 0 Å². The number of alkyl halides is 6. The maximum Gasteiger partial charge on any atom is 0.574 e. The summed E-state index contributed by atoms with van der Waals surface area (Å²) in [5.41, 5.74) is -1.97. The standard InChI is InChI=1S/C9H5ClF5NO2/c10-1-4-6(3-17)5(7(11)12)2-16-8(4)18-9(13,14)15/h2-3,7H,1H2. The van der Waals surface area contributed by atoms with Crippen LogP contribution in [0.1, 0.15) is 27.9 Å². The molecule has 0 saturated heterocycles. The van der Waals surface area contributed by atoms with Gasteiger partial charge in [-0.3, -0.25) is 4.79 Å². The fraction of sp³-hybridized carbons (Fsp3) is 0.333. The van der Waals surface area contributed by atoms with E-state index in [1.54, 1.807) is 0 Å². The van der Waals surface area contributed by atoms with Crippen molar-refractivity contribution in [2.45, 2.75) is 18.7 Å². The van der Waals surface area contributed by atoms with Crippen LogP contribution < -0.4 is 4.74 Å². The molecule has 0 aliphatic heterocycles. The molecule has 3 nitrogen and oxygen atoms in total. The van der Waals surface area contributed by atoms with E-state index in [1.807, 2.05) is 0 Å². The quantitative estimate of drug-likeness (QED) is 0.484. The van der Waals surface area contributed by atoms with Crippen molar-refractivity contribution in [3.05, 3.63) is 22.9 Å². The monoisotopic (exact) mass is 289 g/mol. The van der Waals surface area contributed by atoms with Crippen LogP contribution in [0.4, 0.5) is 22.0 Å². The summed E-state index contributed by atoms with van der Waals surface area (Å²) >= 11 is 5.33. The van der Waals surface area contributed by atoms with Crippen LogP contribution in [0.2, 0.25) is 0 Å². The van der Waals surface area contributed by atoms with E-state index in [1.165, 1.54) is 0 Å². The highest BCUT2D eigenvalue weighted by atomic mass is 35.5. The van der Waals surface area contributed by atoms with E-state index in [2.05, 4.69) is 9.72 Å². The Hall–Kier alpha value is -1.44. The third-order valence-corrected chi connectivity index (χ3v) is 2.18. The number of halogens is 6. The number of carbonyl (C=O) groups is 1. The Morgan fingerprint density at radius 3 is 2.44 bits per heavy atom. The number of nitrogens with zero attached hydrogens (tertiary/aromatic N) is 1. The smallest absolute Gasteiger partial charge is 0.388 e. The maximum atomic E-state index is 12.5. The fourth-order valence-electron chi connectivity index (χ4n) is 1.20. The van der Waals surface area contributed by atoms with Gasteiger partial charge in [-0.05, 0) is 0 Å². The Morgan fingerprint density at radius 2 is 2.06 bits per heavy atom. The highest BCUT2D eigenvalue weighted by Gasteiger charge is 2.34. The number of aromatic nitrogens is 1. The Labute approximate surface area is 103 Å². The van der Waals surface area contributed by atoms with Crippen molar-refractivity contribution in [3.8, 4) is 5.88 Å². The zero-order valence-electron chi connectivity index (χ0n) is 8.47. The van der Waals surface area contributed by atoms with Gasteiger partial charge in [0.25, 0.3) is 6.43 Å². The Balaban J connectivity index is 3.35. The molecule has 0 spiro atoms. The first-order valence-corrected chi connectivity index (χ1v) is 4.90. The molecule has 100 valence electrons. The van der Waals surface area contributed by atoms with Gasteiger partial charge in [-0.1, -0.05) is 0 Å². The second kappa shape index (κ2) is 5.47. The molecule has 0 radical (unpaired) electrons. The van der Waals surface area contributed by atoms with Gasteiger partial charge in [0, 0.05) is 22.9 Å². The largest absolute Gasteiger partial charge is 0.574 e. The molecule has 0 aliphatic carbocycles. The molecule has 0 bridgehead atoms. The van der Waals surface area contributed by atoms with Crippen molar-refractivity contribution in [1.29, 1.82) is 0 Å². The van der Waals surface area contributed by atoms with E-state index >= 15 is 0 Å². The predicted octanol–water partition coefficient (Wildman–Crippen LogP) is 3.47. The van der Waals surface area contributed by atoms with Crippen LogP contribution >= 0.6 is 11.6 Å². The van der Waals surface area contributed by atoms with E-state index < -0.39 is 41.2 Å². The molecule has 0 aliphatic rings. The molecule has 0 aromatic carbocycles. The molecule has 0 amide bonds. The average molecular weight is 290 g/mol. The van der Waals surface area contributed by atoms with Crippen LogP contribution in [0, 0.1) is 0 Å². The summed E-state index contributed by atoms with van der Waals surface area (Å²) < 4.78 is 64.5. The van der Waals surface area contributed by atoms with Gasteiger partial charge in [-0.2, -0.15) is 0 Å². The molecule has 0 atom stereocenters. The van der Waals surface area contributed by atoms with Crippen molar-refractivity contribution >= 4 is 17.9 Å². The minimum absolute atomic E-state index is 0.00980. The first-order chi connectivity index (χ1) is 8.30. The van der Waals surface area contributed by atoms with Crippen LogP contribution in [-0.2, 0) is 5.88 Å². The molecule has 0 N–H and O–H groups in total. The summed E-state index contributed by atoms with van der Waals surface area (Å²) in [6.45, 7) is 0. The molecule has 1 aromatic heterocycles. The highest BCUT2D eigenvalue weighted by Crippen LogP contribution is 2.32. The zero-order valence-corrected chi connectivity index (χ0v) is 9.23.